The van der Waals surface area contributed by atoms with Crippen LogP contribution in [0.1, 0.15) is 62.7 Å². The zero-order valence-electron chi connectivity index (χ0n) is 13.7. The van der Waals surface area contributed by atoms with Crippen LogP contribution in [0.4, 0.5) is 0 Å². The third-order valence-corrected chi connectivity index (χ3v) is 3.84. The van der Waals surface area contributed by atoms with Gasteiger partial charge in [-0.25, -0.2) is 0 Å². The monoisotopic (exact) mass is 294 g/mol. The zero-order valence-corrected chi connectivity index (χ0v) is 13.7. The Balaban J connectivity index is 2.17. The minimum Gasteiger partial charge on any atom is -0.185 e. The van der Waals surface area contributed by atoms with Gasteiger partial charge in [-0.05, 0) is 24.0 Å². The molecule has 0 N–H and O–H groups in total. The van der Waals surface area contributed by atoms with E-state index in [0.717, 1.165) is 25.7 Å². The van der Waals surface area contributed by atoms with Crippen molar-refractivity contribution in [2.24, 2.45) is 10.2 Å². The van der Waals surface area contributed by atoms with Gasteiger partial charge in [0.2, 0.25) is 0 Å². The molecule has 0 heterocycles. The fourth-order valence-electron chi connectivity index (χ4n) is 2.64. The average molecular weight is 294 g/mol. The Labute approximate surface area is 134 Å². The molecule has 2 nitrogen and oxygen atoms in total. The number of nitrogens with zero attached hydrogens (tertiary/aromatic N) is 2. The van der Waals surface area contributed by atoms with E-state index in [1.165, 1.54) is 11.1 Å². The molecule has 0 aromatic heterocycles. The summed E-state index contributed by atoms with van der Waals surface area (Å²) < 4.78 is 0. The van der Waals surface area contributed by atoms with E-state index in [-0.39, 0.29) is 12.1 Å². The molecule has 0 saturated carbocycles. The zero-order chi connectivity index (χ0) is 15.6. The van der Waals surface area contributed by atoms with E-state index in [2.05, 4.69) is 62.4 Å². The number of rotatable bonds is 8. The topological polar surface area (TPSA) is 24.7 Å². The molecule has 2 atom stereocenters. The van der Waals surface area contributed by atoms with Crippen molar-refractivity contribution in [1.82, 2.24) is 0 Å². The number of hydrogen-bond acceptors (Lipinski definition) is 2. The van der Waals surface area contributed by atoms with Crippen LogP contribution in [-0.4, -0.2) is 0 Å². The number of azo groups is 1. The summed E-state index contributed by atoms with van der Waals surface area (Å²) in [7, 11) is 0. The maximum absolute atomic E-state index is 4.70. The van der Waals surface area contributed by atoms with Gasteiger partial charge in [0.25, 0.3) is 0 Å². The van der Waals surface area contributed by atoms with Crippen molar-refractivity contribution in [3.05, 3.63) is 71.8 Å². The Kier molecular flexibility index (Phi) is 6.82. The first-order valence-corrected chi connectivity index (χ1v) is 8.35. The molecule has 2 aromatic carbocycles. The van der Waals surface area contributed by atoms with Gasteiger partial charge >= 0.3 is 0 Å². The summed E-state index contributed by atoms with van der Waals surface area (Å²) in [6.45, 7) is 4.40. The van der Waals surface area contributed by atoms with E-state index in [0.29, 0.717) is 0 Å². The molecule has 0 bridgehead atoms. The first kappa shape index (κ1) is 16.4. The average Bonchev–Trinajstić information content (AvgIpc) is 2.59. The molecule has 0 radical (unpaired) electrons. The molecule has 0 amide bonds. The highest BCUT2D eigenvalue weighted by atomic mass is 15.1. The van der Waals surface area contributed by atoms with Crippen molar-refractivity contribution >= 4 is 0 Å². The lowest BCUT2D eigenvalue weighted by Gasteiger charge is -2.14. The first-order valence-electron chi connectivity index (χ1n) is 8.35. The minimum absolute atomic E-state index is 0.175. The summed E-state index contributed by atoms with van der Waals surface area (Å²) in [4.78, 5) is 0. The summed E-state index contributed by atoms with van der Waals surface area (Å²) in [5, 5.41) is 9.41. The van der Waals surface area contributed by atoms with Gasteiger partial charge < -0.3 is 0 Å². The predicted molar refractivity (Wildman–Crippen MR) is 93.0 cm³/mol. The molecule has 0 aliphatic heterocycles. The lowest BCUT2D eigenvalue weighted by molar-refractivity contribution is 0.542. The number of hydrogen-bond donors (Lipinski definition) is 0. The molecule has 2 rings (SSSR count). The molecule has 22 heavy (non-hydrogen) atoms. The van der Waals surface area contributed by atoms with E-state index in [9.17, 15) is 0 Å². The van der Waals surface area contributed by atoms with Crippen LogP contribution in [0, 0.1) is 0 Å². The fraction of sp³-hybridized carbons (Fsp3) is 0.400. The smallest absolute Gasteiger partial charge is 0.0957 e. The van der Waals surface area contributed by atoms with Crippen LogP contribution < -0.4 is 0 Å². The van der Waals surface area contributed by atoms with Crippen LogP contribution in [0.15, 0.2) is 70.9 Å². The Morgan fingerprint density at radius 1 is 0.636 bits per heavy atom. The molecular weight excluding hydrogens is 268 g/mol. The molecular formula is C20H26N2. The maximum Gasteiger partial charge on any atom is 0.0957 e. The number of benzene rings is 2. The van der Waals surface area contributed by atoms with Gasteiger partial charge in [0.1, 0.15) is 0 Å². The van der Waals surface area contributed by atoms with Gasteiger partial charge in [-0.1, -0.05) is 87.4 Å². The second-order valence-corrected chi connectivity index (χ2v) is 5.66. The third-order valence-electron chi connectivity index (χ3n) is 3.84. The van der Waals surface area contributed by atoms with Crippen LogP contribution in [0.25, 0.3) is 0 Å². The molecule has 2 aromatic rings. The van der Waals surface area contributed by atoms with Gasteiger partial charge in [-0.3, -0.25) is 0 Å². The highest BCUT2D eigenvalue weighted by molar-refractivity contribution is 5.20. The molecule has 2 unspecified atom stereocenters. The lowest BCUT2D eigenvalue weighted by atomic mass is 10.0. The molecule has 0 fully saturated rings. The highest BCUT2D eigenvalue weighted by Crippen LogP contribution is 2.28. The van der Waals surface area contributed by atoms with E-state index in [4.69, 9.17) is 10.2 Å². The van der Waals surface area contributed by atoms with Crippen molar-refractivity contribution in [1.29, 1.82) is 0 Å². The first-order chi connectivity index (χ1) is 10.8. The summed E-state index contributed by atoms with van der Waals surface area (Å²) in [5.74, 6) is 0. The third kappa shape index (κ3) is 4.80. The standard InChI is InChI=1S/C20H26N2/c1-3-11-19(17-13-7-5-8-14-17)21-22-20(12-4-2)18-15-9-6-10-16-18/h5-10,13-16,19-20H,3-4,11-12H2,1-2H3. The molecule has 116 valence electrons. The van der Waals surface area contributed by atoms with Crippen molar-refractivity contribution in [3.63, 3.8) is 0 Å². The Morgan fingerprint density at radius 3 is 1.32 bits per heavy atom. The Bertz CT molecular complexity index is 497. The summed E-state index contributed by atoms with van der Waals surface area (Å²) in [6.07, 6.45) is 4.31. The van der Waals surface area contributed by atoms with Crippen LogP contribution in [0.2, 0.25) is 0 Å². The van der Waals surface area contributed by atoms with Gasteiger partial charge in [0, 0.05) is 0 Å². The van der Waals surface area contributed by atoms with Crippen LogP contribution in [-0.2, 0) is 0 Å². The van der Waals surface area contributed by atoms with Gasteiger partial charge in [0.05, 0.1) is 12.1 Å². The normalized spacial score (nSPS) is 14.1. The van der Waals surface area contributed by atoms with Gasteiger partial charge in [-0.2, -0.15) is 10.2 Å². The molecule has 0 aliphatic rings. The largest absolute Gasteiger partial charge is 0.185 e. The van der Waals surface area contributed by atoms with Gasteiger partial charge in [0.15, 0.2) is 0 Å². The lowest BCUT2D eigenvalue weighted by Crippen LogP contribution is -1.98. The van der Waals surface area contributed by atoms with Crippen LogP contribution in [0.3, 0.4) is 0 Å². The maximum atomic E-state index is 4.70. The summed E-state index contributed by atoms with van der Waals surface area (Å²) >= 11 is 0. The molecule has 0 saturated heterocycles. The van der Waals surface area contributed by atoms with Gasteiger partial charge in [-0.15, -0.1) is 0 Å². The Hall–Kier alpha value is -1.96. The minimum atomic E-state index is 0.175. The summed E-state index contributed by atoms with van der Waals surface area (Å²) in [5.41, 5.74) is 2.52. The predicted octanol–water partition coefficient (Wildman–Crippen LogP) is 6.52. The molecule has 2 heteroatoms. The quantitative estimate of drug-likeness (QED) is 0.495. The summed E-state index contributed by atoms with van der Waals surface area (Å²) in [6, 6.07) is 21.4. The van der Waals surface area contributed by atoms with Crippen LogP contribution >= 0.6 is 0 Å². The SMILES string of the molecule is CCCC(N=NC(CCC)c1ccccc1)c1ccccc1. The fourth-order valence-corrected chi connectivity index (χ4v) is 2.64. The van der Waals surface area contributed by atoms with Crippen molar-refractivity contribution in [2.75, 3.05) is 0 Å². The van der Waals surface area contributed by atoms with E-state index in [1.807, 2.05) is 12.1 Å². The highest BCUT2D eigenvalue weighted by Gasteiger charge is 2.12. The second kappa shape index (κ2) is 9.14. The van der Waals surface area contributed by atoms with E-state index in [1.54, 1.807) is 0 Å². The van der Waals surface area contributed by atoms with Crippen LogP contribution in [0.5, 0.6) is 0 Å². The Morgan fingerprint density at radius 2 is 1.00 bits per heavy atom. The second-order valence-electron chi connectivity index (χ2n) is 5.66. The van der Waals surface area contributed by atoms with Crippen molar-refractivity contribution < 1.29 is 0 Å². The van der Waals surface area contributed by atoms with Crippen molar-refractivity contribution in [2.45, 2.75) is 51.6 Å². The van der Waals surface area contributed by atoms with E-state index >= 15 is 0 Å². The van der Waals surface area contributed by atoms with E-state index < -0.39 is 0 Å². The van der Waals surface area contributed by atoms with Crippen molar-refractivity contribution in [3.8, 4) is 0 Å². The molecule has 0 spiro atoms. The molecule has 0 aliphatic carbocycles.